The van der Waals surface area contributed by atoms with E-state index >= 15 is 0 Å². The standard InChI is InChI=1S/C13H20N2O3S/c1-10-9-18-7-6-15(10)19(16,17)13-5-3-4-12(8-14)11(13)2/h3-5,10H,6-9,14H2,1-2H3. The Morgan fingerprint density at radius 2 is 2.21 bits per heavy atom. The highest BCUT2D eigenvalue weighted by atomic mass is 32.2. The number of hydrogen-bond donors (Lipinski definition) is 1. The van der Waals surface area contributed by atoms with E-state index in [0.29, 0.717) is 31.2 Å². The Labute approximate surface area is 114 Å². The minimum absolute atomic E-state index is 0.139. The molecule has 1 atom stereocenters. The van der Waals surface area contributed by atoms with Crippen molar-refractivity contribution in [1.82, 2.24) is 4.31 Å². The lowest BCUT2D eigenvalue weighted by Gasteiger charge is -2.32. The predicted octanol–water partition coefficient (Wildman–Crippen LogP) is 0.863. The topological polar surface area (TPSA) is 72.6 Å². The highest BCUT2D eigenvalue weighted by Gasteiger charge is 2.32. The van der Waals surface area contributed by atoms with Gasteiger partial charge in [0.2, 0.25) is 10.0 Å². The lowest BCUT2D eigenvalue weighted by atomic mass is 10.1. The SMILES string of the molecule is Cc1c(CN)cccc1S(=O)(=O)N1CCOCC1C. The molecule has 5 nitrogen and oxygen atoms in total. The largest absolute Gasteiger partial charge is 0.378 e. The quantitative estimate of drug-likeness (QED) is 0.893. The van der Waals surface area contributed by atoms with Crippen LogP contribution in [0.15, 0.2) is 23.1 Å². The van der Waals surface area contributed by atoms with Gasteiger partial charge in [0.25, 0.3) is 0 Å². The van der Waals surface area contributed by atoms with Gasteiger partial charge in [-0.2, -0.15) is 4.31 Å². The van der Waals surface area contributed by atoms with Crippen molar-refractivity contribution in [2.45, 2.75) is 31.3 Å². The molecule has 0 spiro atoms. The van der Waals surface area contributed by atoms with Crippen molar-refractivity contribution in [2.75, 3.05) is 19.8 Å². The molecule has 0 bridgehead atoms. The Morgan fingerprint density at radius 1 is 1.47 bits per heavy atom. The molecule has 2 rings (SSSR count). The minimum Gasteiger partial charge on any atom is -0.378 e. The summed E-state index contributed by atoms with van der Waals surface area (Å²) in [5.41, 5.74) is 7.24. The minimum atomic E-state index is -3.48. The van der Waals surface area contributed by atoms with Crippen molar-refractivity contribution < 1.29 is 13.2 Å². The van der Waals surface area contributed by atoms with Crippen LogP contribution in [0.2, 0.25) is 0 Å². The molecule has 1 aromatic carbocycles. The van der Waals surface area contributed by atoms with E-state index in [0.717, 1.165) is 11.1 Å². The lowest BCUT2D eigenvalue weighted by Crippen LogP contribution is -2.47. The van der Waals surface area contributed by atoms with Gasteiger partial charge in [-0.05, 0) is 31.0 Å². The molecule has 1 saturated heterocycles. The Balaban J connectivity index is 2.44. The van der Waals surface area contributed by atoms with Crippen molar-refractivity contribution >= 4 is 10.0 Å². The Kier molecular flexibility index (Phi) is 4.25. The van der Waals surface area contributed by atoms with E-state index in [1.54, 1.807) is 19.1 Å². The van der Waals surface area contributed by atoms with Crippen molar-refractivity contribution in [2.24, 2.45) is 5.73 Å². The molecule has 1 unspecified atom stereocenters. The second-order valence-corrected chi connectivity index (χ2v) is 6.64. The summed E-state index contributed by atoms with van der Waals surface area (Å²) in [7, 11) is -3.48. The number of benzene rings is 1. The van der Waals surface area contributed by atoms with Gasteiger partial charge in [0.05, 0.1) is 18.1 Å². The van der Waals surface area contributed by atoms with E-state index in [2.05, 4.69) is 0 Å². The maximum Gasteiger partial charge on any atom is 0.243 e. The first kappa shape index (κ1) is 14.5. The van der Waals surface area contributed by atoms with E-state index in [4.69, 9.17) is 10.5 Å². The summed E-state index contributed by atoms with van der Waals surface area (Å²) in [6.45, 7) is 5.29. The molecule has 2 N–H and O–H groups in total. The zero-order chi connectivity index (χ0) is 14.0. The van der Waals surface area contributed by atoms with E-state index in [1.165, 1.54) is 4.31 Å². The van der Waals surface area contributed by atoms with Crippen LogP contribution in [-0.4, -0.2) is 38.5 Å². The number of rotatable bonds is 3. The number of nitrogens with two attached hydrogens (primary N) is 1. The van der Waals surface area contributed by atoms with Crippen LogP contribution in [0.5, 0.6) is 0 Å². The normalized spacial score (nSPS) is 21.5. The van der Waals surface area contributed by atoms with Gasteiger partial charge in [-0.25, -0.2) is 8.42 Å². The zero-order valence-corrected chi connectivity index (χ0v) is 12.1. The summed E-state index contributed by atoms with van der Waals surface area (Å²) in [5, 5.41) is 0. The summed E-state index contributed by atoms with van der Waals surface area (Å²) < 4.78 is 32.2. The van der Waals surface area contributed by atoms with Gasteiger partial charge in [0, 0.05) is 19.1 Å². The fourth-order valence-corrected chi connectivity index (χ4v) is 4.23. The van der Waals surface area contributed by atoms with Gasteiger partial charge in [0.15, 0.2) is 0 Å². The van der Waals surface area contributed by atoms with E-state index in [9.17, 15) is 8.42 Å². The second-order valence-electron chi connectivity index (χ2n) is 4.78. The summed E-state index contributed by atoms with van der Waals surface area (Å²) >= 11 is 0. The Bertz CT molecular complexity index is 557. The van der Waals surface area contributed by atoms with Crippen molar-refractivity contribution in [3.8, 4) is 0 Å². The van der Waals surface area contributed by atoms with Crippen LogP contribution in [-0.2, 0) is 21.3 Å². The Morgan fingerprint density at radius 3 is 2.84 bits per heavy atom. The first-order valence-electron chi connectivity index (χ1n) is 6.36. The molecule has 0 saturated carbocycles. The second kappa shape index (κ2) is 5.58. The fraction of sp³-hybridized carbons (Fsp3) is 0.538. The number of sulfonamides is 1. The van der Waals surface area contributed by atoms with Crippen LogP contribution in [0, 0.1) is 6.92 Å². The Hall–Kier alpha value is -0.950. The van der Waals surface area contributed by atoms with Crippen molar-refractivity contribution in [3.63, 3.8) is 0 Å². The molecule has 1 aliphatic heterocycles. The molecule has 6 heteroatoms. The van der Waals surface area contributed by atoms with E-state index in [-0.39, 0.29) is 6.04 Å². The molecule has 0 radical (unpaired) electrons. The molecular formula is C13H20N2O3S. The summed E-state index contributed by atoms with van der Waals surface area (Å²) in [6.07, 6.45) is 0. The predicted molar refractivity (Wildman–Crippen MR) is 73.2 cm³/mol. The molecule has 19 heavy (non-hydrogen) atoms. The molecule has 1 aromatic rings. The average molecular weight is 284 g/mol. The number of nitrogens with zero attached hydrogens (tertiary/aromatic N) is 1. The van der Waals surface area contributed by atoms with Gasteiger partial charge in [-0.1, -0.05) is 12.1 Å². The number of ether oxygens (including phenoxy) is 1. The van der Waals surface area contributed by atoms with Gasteiger partial charge in [0.1, 0.15) is 0 Å². The summed E-state index contributed by atoms with van der Waals surface area (Å²) in [6, 6.07) is 5.11. The molecule has 0 amide bonds. The van der Waals surface area contributed by atoms with Crippen molar-refractivity contribution in [3.05, 3.63) is 29.3 Å². The third-order valence-electron chi connectivity index (χ3n) is 3.51. The molecule has 1 aliphatic rings. The molecule has 106 valence electrons. The smallest absolute Gasteiger partial charge is 0.243 e. The van der Waals surface area contributed by atoms with Gasteiger partial charge < -0.3 is 10.5 Å². The van der Waals surface area contributed by atoms with Crippen LogP contribution >= 0.6 is 0 Å². The highest BCUT2D eigenvalue weighted by Crippen LogP contribution is 2.25. The first-order valence-corrected chi connectivity index (χ1v) is 7.80. The molecular weight excluding hydrogens is 264 g/mol. The molecule has 1 fully saturated rings. The maximum absolute atomic E-state index is 12.7. The molecule has 0 aromatic heterocycles. The maximum atomic E-state index is 12.7. The third kappa shape index (κ3) is 2.67. The lowest BCUT2D eigenvalue weighted by molar-refractivity contribution is 0.0392. The van der Waals surface area contributed by atoms with E-state index in [1.807, 2.05) is 13.0 Å². The average Bonchev–Trinajstić information content (AvgIpc) is 2.39. The van der Waals surface area contributed by atoms with E-state index < -0.39 is 10.0 Å². The van der Waals surface area contributed by atoms with Gasteiger partial charge in [-0.3, -0.25) is 0 Å². The van der Waals surface area contributed by atoms with Crippen LogP contribution < -0.4 is 5.73 Å². The monoisotopic (exact) mass is 284 g/mol. The highest BCUT2D eigenvalue weighted by molar-refractivity contribution is 7.89. The zero-order valence-electron chi connectivity index (χ0n) is 11.3. The van der Waals surface area contributed by atoms with Crippen LogP contribution in [0.1, 0.15) is 18.1 Å². The summed E-state index contributed by atoms with van der Waals surface area (Å²) in [5.74, 6) is 0. The van der Waals surface area contributed by atoms with Gasteiger partial charge >= 0.3 is 0 Å². The van der Waals surface area contributed by atoms with Crippen LogP contribution in [0.4, 0.5) is 0 Å². The van der Waals surface area contributed by atoms with Crippen LogP contribution in [0.3, 0.4) is 0 Å². The molecule has 0 aliphatic carbocycles. The third-order valence-corrected chi connectivity index (χ3v) is 5.67. The number of morpholine rings is 1. The fourth-order valence-electron chi connectivity index (χ4n) is 2.36. The number of hydrogen-bond acceptors (Lipinski definition) is 4. The van der Waals surface area contributed by atoms with Crippen molar-refractivity contribution in [1.29, 1.82) is 0 Å². The van der Waals surface area contributed by atoms with Crippen LogP contribution in [0.25, 0.3) is 0 Å². The molecule has 1 heterocycles. The summed E-state index contributed by atoms with van der Waals surface area (Å²) in [4.78, 5) is 0.351. The van der Waals surface area contributed by atoms with Gasteiger partial charge in [-0.15, -0.1) is 0 Å². The first-order chi connectivity index (χ1) is 8.98.